The van der Waals surface area contributed by atoms with Crippen molar-refractivity contribution in [3.8, 4) is 0 Å². The number of hydrogen-bond acceptors (Lipinski definition) is 19. The quantitative estimate of drug-likeness (QED) is 0.0661. The molecule has 33 heteroatoms. The van der Waals surface area contributed by atoms with E-state index in [-0.39, 0.29) is 102 Å². The molecule has 0 aromatic heterocycles. The number of hydroxylamine groups is 1. The number of halogens is 7. The van der Waals surface area contributed by atoms with E-state index in [0.29, 0.717) is 37.9 Å². The standard InChI is InChI=1S/C21H34F2N4O4.C21H33F2N3O4.C20H31F2N3O4.CH6NO.ClH.Li.H2O/c1-3-31-19(29)26-9-6-20(13-26)10-16(11-20)25-7-4-15(5-8-25)27-14-21(22,23)12-17(27)18(28)24-30-2;1-3-30-19(28)25-9-6-20(13-25)10-16(11-20)24-7-4-15(5-8-24)26-14-21(22,23)12-17(26)18(27)29-2;1-2-29-18(28)24-8-5-19(12-24)9-15(10-19)23-6-3-14(4-7-23)25-13-20(21,22)11-16(25)17(26)27;1-3-2;;;/h15-17H,3-14H2,1-2H3,(H,24,28);15-17H,3-14H2,1-2H3;14-16H,2-13H2,1H3,(H,26,27);1-2H3;1H;;1H2/q;;;+1;;+1;/p-2/t2*16?,17-,20?;15?,16-,19?;;;;/m111..../s1. The van der Waals surface area contributed by atoms with Crippen molar-refractivity contribution >= 4 is 36.1 Å². The molecule has 3 spiro atoms. The molecule has 3 saturated carbocycles. The Morgan fingerprint density at radius 2 is 0.740 bits per heavy atom. The summed E-state index contributed by atoms with van der Waals surface area (Å²) in [6, 6.07) is -1.36. The van der Waals surface area contributed by atoms with E-state index in [1.165, 1.54) is 26.2 Å². The molecule has 12 aliphatic rings. The first-order valence-electron chi connectivity index (χ1n) is 33.9. The van der Waals surface area contributed by atoms with Crippen LogP contribution in [0, 0.1) is 16.2 Å². The predicted octanol–water partition coefficient (Wildman–Crippen LogP) is -0.930. The zero-order chi connectivity index (χ0) is 67.3. The molecule has 0 bridgehead atoms. The van der Waals surface area contributed by atoms with Crippen molar-refractivity contribution in [3.63, 3.8) is 0 Å². The largest absolute Gasteiger partial charge is 1.00 e. The number of nitrogens with zero attached hydrogens (tertiary/aromatic N) is 9. The summed E-state index contributed by atoms with van der Waals surface area (Å²) in [5, 5.41) is 9.32. The molecule has 96 heavy (non-hydrogen) atoms. The van der Waals surface area contributed by atoms with E-state index in [2.05, 4.69) is 35.8 Å². The van der Waals surface area contributed by atoms with Crippen molar-refractivity contribution < 1.29 is 131 Å². The number of carbonyl (C=O) groups excluding carboxylic acids is 5. The summed E-state index contributed by atoms with van der Waals surface area (Å²) in [5.41, 5.74) is 2.87. The Morgan fingerprint density at radius 1 is 0.458 bits per heavy atom. The Labute approximate surface area is 578 Å². The van der Waals surface area contributed by atoms with E-state index in [9.17, 15) is 60.2 Å². The van der Waals surface area contributed by atoms with Crippen LogP contribution in [0.15, 0.2) is 0 Å². The second-order valence-corrected chi connectivity index (χ2v) is 28.7. The maximum atomic E-state index is 14.1. The topological polar surface area (TPSA) is 277 Å². The number of nitrogens with one attached hydrogen (secondary N) is 1. The molecule has 0 unspecified atom stereocenters. The number of quaternary nitrogens is 1. The van der Waals surface area contributed by atoms with Crippen LogP contribution in [0.1, 0.15) is 136 Å². The molecule has 9 aliphatic heterocycles. The van der Waals surface area contributed by atoms with Crippen LogP contribution in [-0.4, -0.2) is 302 Å². The summed E-state index contributed by atoms with van der Waals surface area (Å²) in [7, 11) is 4.09. The van der Waals surface area contributed by atoms with Crippen LogP contribution < -0.4 is 42.6 Å². The van der Waals surface area contributed by atoms with Gasteiger partial charge in [0.2, 0.25) is 0 Å². The number of esters is 1. The minimum atomic E-state index is -2.91. The van der Waals surface area contributed by atoms with Gasteiger partial charge in [0, 0.05) is 94.8 Å². The molecule has 12 rings (SSSR count). The first kappa shape index (κ1) is 81.3. The van der Waals surface area contributed by atoms with Crippen molar-refractivity contribution in [2.24, 2.45) is 16.2 Å². The van der Waals surface area contributed by atoms with Gasteiger partial charge in [-0.05, 0) is 173 Å². The number of carboxylic acid groups (broad SMARTS) is 1. The van der Waals surface area contributed by atoms with E-state index in [1.54, 1.807) is 9.80 Å². The molecule has 3 aliphatic carbocycles. The minimum absolute atomic E-state index is 0. The average Bonchev–Trinajstić information content (AvgIpc) is 1.53. The van der Waals surface area contributed by atoms with E-state index in [0.717, 1.165) is 175 Å². The number of alkyl halides is 6. The van der Waals surface area contributed by atoms with Gasteiger partial charge in [0.25, 0.3) is 23.7 Å². The van der Waals surface area contributed by atoms with E-state index >= 15 is 0 Å². The number of aliphatic carboxylic acids is 1. The Kier molecular flexibility index (Phi) is 29.0. The number of piperidine rings is 3. The van der Waals surface area contributed by atoms with Crippen molar-refractivity contribution in [2.75, 3.05) is 139 Å². The fourth-order valence-electron chi connectivity index (χ4n) is 17.9. The zero-order valence-electron chi connectivity index (χ0n) is 57.3. The maximum Gasteiger partial charge on any atom is 1.00 e. The zero-order valence-corrected chi connectivity index (χ0v) is 58.1. The van der Waals surface area contributed by atoms with Crippen molar-refractivity contribution in [2.45, 2.75) is 208 Å². The molecule has 9 heterocycles. The molecule has 25 nitrogen and oxygen atoms in total. The molecular weight excluding hydrogens is 1290 g/mol. The molecule has 3 atom stereocenters. The number of methoxy groups -OCH3 is 1. The molecule has 6 N–H and O–H groups in total. The van der Waals surface area contributed by atoms with Gasteiger partial charge in [0.05, 0.1) is 66.8 Å². The van der Waals surface area contributed by atoms with Gasteiger partial charge in [0.15, 0.2) is 0 Å². The maximum absolute atomic E-state index is 14.1. The van der Waals surface area contributed by atoms with Gasteiger partial charge < -0.3 is 71.3 Å². The molecule has 0 aromatic rings. The van der Waals surface area contributed by atoms with E-state index in [1.807, 2.05) is 35.5 Å². The molecule has 546 valence electrons. The van der Waals surface area contributed by atoms with Gasteiger partial charge in [-0.25, -0.2) is 56.9 Å². The SMILES string of the molecule is CCOC(=O)N1CCC2(CC(N3CCC(N4CC(F)(F)C[C@@H]4C(=O)NOC)CC3)C2)C1.CCOC(=O)N1CCC2(CC(N3CCC(N4CC(F)(F)C[C@@H]4C(=O)O)CC3)C2)C1.CCOC(=O)N1CCC2(CC(N3CCC(N4CC(F)(F)C[C@@H]4C(=O)OC)CC3)C2)C1.CO[NH3+].[Cl-].[Li+].[OH-]. The summed E-state index contributed by atoms with van der Waals surface area (Å²) in [6.45, 7) is 15.2. The number of carboxylic acids is 1. The molecule has 0 radical (unpaired) electrons. The second kappa shape index (κ2) is 34.3. The third kappa shape index (κ3) is 19.3. The summed E-state index contributed by atoms with van der Waals surface area (Å²) in [4.78, 5) is 97.9. The van der Waals surface area contributed by atoms with Crippen LogP contribution in [0.25, 0.3) is 0 Å². The number of hydrogen-bond donors (Lipinski definition) is 3. The Bertz CT molecular complexity index is 2570. The van der Waals surface area contributed by atoms with Crippen LogP contribution in [0.5, 0.6) is 0 Å². The fraction of sp³-hybridized carbons (Fsp3) is 0.905. The van der Waals surface area contributed by atoms with Gasteiger partial charge in [-0.2, -0.15) is 0 Å². The summed E-state index contributed by atoms with van der Waals surface area (Å²) < 4.78 is 104. The van der Waals surface area contributed by atoms with Crippen LogP contribution in [0.2, 0.25) is 0 Å². The van der Waals surface area contributed by atoms with E-state index < -0.39 is 79.5 Å². The first-order valence-corrected chi connectivity index (χ1v) is 33.9. The molecule has 12 fully saturated rings. The Hall–Kier alpha value is -3.71. The Balaban J connectivity index is 0.000000220. The monoisotopic (exact) mass is 1400 g/mol. The number of amides is 4. The predicted molar refractivity (Wildman–Crippen MR) is 327 cm³/mol. The first-order chi connectivity index (χ1) is 44.1. The van der Waals surface area contributed by atoms with Crippen LogP contribution >= 0.6 is 0 Å². The summed E-state index contributed by atoms with van der Waals surface area (Å²) in [5.74, 6) is -7.78. The van der Waals surface area contributed by atoms with Gasteiger partial charge in [-0.3, -0.25) is 33.9 Å². The Morgan fingerprint density at radius 3 is 1.02 bits per heavy atom. The molecule has 9 saturated heterocycles. The number of carbonyl (C=O) groups is 6. The van der Waals surface area contributed by atoms with Gasteiger partial charge >= 0.3 is 49.1 Å². The summed E-state index contributed by atoms with van der Waals surface area (Å²) >= 11 is 0. The molecule has 4 amide bonds. The van der Waals surface area contributed by atoms with Crippen LogP contribution in [0.3, 0.4) is 0 Å². The smallest absolute Gasteiger partial charge is 1.00 e. The third-order valence-corrected chi connectivity index (χ3v) is 22.5. The number of rotatable bonds is 13. The van der Waals surface area contributed by atoms with Gasteiger partial charge in [0.1, 0.15) is 12.1 Å². The van der Waals surface area contributed by atoms with E-state index in [4.69, 9.17) is 18.9 Å². The van der Waals surface area contributed by atoms with Gasteiger partial charge in [-0.1, -0.05) is 0 Å². The van der Waals surface area contributed by atoms with Crippen molar-refractivity contribution in [1.82, 2.24) is 49.6 Å². The van der Waals surface area contributed by atoms with Crippen molar-refractivity contribution in [1.29, 1.82) is 0 Å². The number of likely N-dealkylation sites (tertiary alicyclic amines) is 9. The molecular formula is C63H105ClF6LiN11O14. The summed E-state index contributed by atoms with van der Waals surface area (Å²) in [6.07, 6.45) is 12.0. The second-order valence-electron chi connectivity index (χ2n) is 28.7. The van der Waals surface area contributed by atoms with Crippen molar-refractivity contribution in [3.05, 3.63) is 0 Å². The normalized spacial score (nSPS) is 32.9. The number of ether oxygens (including phenoxy) is 4. The van der Waals surface area contributed by atoms with Crippen LogP contribution in [-0.2, 0) is 43.0 Å². The molecule has 0 aromatic carbocycles. The van der Waals surface area contributed by atoms with Crippen LogP contribution in [0.4, 0.5) is 40.7 Å². The third-order valence-electron chi connectivity index (χ3n) is 22.5. The van der Waals surface area contributed by atoms with Gasteiger partial charge in [-0.15, -0.1) is 0 Å². The minimum Gasteiger partial charge on any atom is -1.00 e. The fourth-order valence-corrected chi connectivity index (χ4v) is 17.9. The average molecular weight is 1400 g/mol.